The molecule has 1 aromatic heterocycles. The maximum Gasteiger partial charge on any atom is 0.224 e. The summed E-state index contributed by atoms with van der Waals surface area (Å²) < 4.78 is 5.35. The largest absolute Gasteiger partial charge is 0.496 e. The Morgan fingerprint density at radius 1 is 1.26 bits per heavy atom. The number of Topliss-reactive ketones (excluding diaryl/α,β-unsaturated/α-hetero) is 1. The Balaban J connectivity index is 1.66. The van der Waals surface area contributed by atoms with Crippen LogP contribution in [0.25, 0.3) is 0 Å². The molecule has 2 heterocycles. The fraction of sp³-hybridized carbons (Fsp3) is 0.429. The lowest BCUT2D eigenvalue weighted by Crippen LogP contribution is -2.37. The first-order valence-corrected chi connectivity index (χ1v) is 10.2. The normalized spacial score (nSPS) is 15.5. The molecule has 1 amide bonds. The van der Waals surface area contributed by atoms with Crippen molar-refractivity contribution >= 4 is 23.0 Å². The number of thiophene rings is 1. The number of hydrogen-bond acceptors (Lipinski definition) is 5. The molecule has 3 rings (SSSR count). The number of ether oxygens (including phenoxy) is 1. The van der Waals surface area contributed by atoms with Gasteiger partial charge in [-0.1, -0.05) is 6.07 Å². The number of carbonyl (C=O) groups is 2. The summed E-state index contributed by atoms with van der Waals surface area (Å²) in [6.07, 6.45) is 2.62. The van der Waals surface area contributed by atoms with Crippen LogP contribution < -0.4 is 10.1 Å². The summed E-state index contributed by atoms with van der Waals surface area (Å²) in [5, 5.41) is 5.16. The molecule has 5 nitrogen and oxygen atoms in total. The highest BCUT2D eigenvalue weighted by Gasteiger charge is 2.24. The standard InChI is InChI=1S/C21H26N2O3S/c1-15(24)16-7-8-19(26-2)17(12-16)13-21(25)22-14-18(20-6-5-11-27-20)23-9-3-4-10-23/h5-8,11-12,18H,3-4,9-10,13-14H2,1-2H3,(H,22,25). The van der Waals surface area contributed by atoms with E-state index in [-0.39, 0.29) is 24.2 Å². The van der Waals surface area contributed by atoms with Gasteiger partial charge < -0.3 is 10.1 Å². The Morgan fingerprint density at radius 2 is 2.04 bits per heavy atom. The number of carbonyl (C=O) groups excluding carboxylic acids is 2. The molecule has 1 fully saturated rings. The van der Waals surface area contributed by atoms with Crippen LogP contribution in [0.2, 0.25) is 0 Å². The van der Waals surface area contributed by atoms with Crippen LogP contribution in [0.5, 0.6) is 5.75 Å². The second-order valence-electron chi connectivity index (χ2n) is 6.84. The van der Waals surface area contributed by atoms with E-state index >= 15 is 0 Å². The third-order valence-electron chi connectivity index (χ3n) is 4.98. The highest BCUT2D eigenvalue weighted by atomic mass is 32.1. The number of amides is 1. The van der Waals surface area contributed by atoms with E-state index in [2.05, 4.69) is 27.7 Å². The molecule has 0 spiro atoms. The van der Waals surface area contributed by atoms with Crippen molar-refractivity contribution in [2.45, 2.75) is 32.2 Å². The molecule has 1 unspecified atom stereocenters. The molecular formula is C21H26N2O3S. The van der Waals surface area contributed by atoms with Gasteiger partial charge in [-0.05, 0) is 62.5 Å². The van der Waals surface area contributed by atoms with Gasteiger partial charge in [0.25, 0.3) is 0 Å². The van der Waals surface area contributed by atoms with Crippen molar-refractivity contribution < 1.29 is 14.3 Å². The number of rotatable bonds is 8. The van der Waals surface area contributed by atoms with Crippen molar-refractivity contribution in [3.63, 3.8) is 0 Å². The molecule has 6 heteroatoms. The summed E-state index contributed by atoms with van der Waals surface area (Å²) in [6, 6.07) is 9.64. The van der Waals surface area contributed by atoms with Gasteiger partial charge in [0.2, 0.25) is 5.91 Å². The maximum atomic E-state index is 12.6. The predicted molar refractivity (Wildman–Crippen MR) is 108 cm³/mol. The van der Waals surface area contributed by atoms with Gasteiger partial charge in [0, 0.05) is 22.5 Å². The van der Waals surface area contributed by atoms with Gasteiger partial charge in [0.15, 0.2) is 5.78 Å². The minimum Gasteiger partial charge on any atom is -0.496 e. The van der Waals surface area contributed by atoms with Crippen molar-refractivity contribution in [2.24, 2.45) is 0 Å². The van der Waals surface area contributed by atoms with Crippen LogP contribution in [-0.2, 0) is 11.2 Å². The first kappa shape index (κ1) is 19.6. The summed E-state index contributed by atoms with van der Waals surface area (Å²) in [5.74, 6) is 0.547. The molecule has 1 aliphatic heterocycles. The molecule has 0 radical (unpaired) electrons. The van der Waals surface area contributed by atoms with Crippen molar-refractivity contribution in [1.29, 1.82) is 0 Å². The molecule has 2 aromatic rings. The number of methoxy groups -OCH3 is 1. The number of nitrogens with one attached hydrogen (secondary N) is 1. The molecular weight excluding hydrogens is 360 g/mol. The predicted octanol–water partition coefficient (Wildman–Crippen LogP) is 3.46. The number of nitrogens with zero attached hydrogens (tertiary/aromatic N) is 1. The Labute approximate surface area is 164 Å². The van der Waals surface area contributed by atoms with E-state index in [1.54, 1.807) is 36.6 Å². The van der Waals surface area contributed by atoms with E-state index in [4.69, 9.17) is 4.74 Å². The average Bonchev–Trinajstić information content (AvgIpc) is 3.36. The number of likely N-dealkylation sites (tertiary alicyclic amines) is 1. The smallest absolute Gasteiger partial charge is 0.224 e. The molecule has 144 valence electrons. The van der Waals surface area contributed by atoms with Crippen LogP contribution in [0.4, 0.5) is 0 Å². The van der Waals surface area contributed by atoms with Crippen molar-refractivity contribution in [3.8, 4) is 5.75 Å². The number of ketones is 1. The topological polar surface area (TPSA) is 58.6 Å². The molecule has 1 saturated heterocycles. The maximum absolute atomic E-state index is 12.6. The molecule has 27 heavy (non-hydrogen) atoms. The molecule has 0 aliphatic carbocycles. The van der Waals surface area contributed by atoms with Crippen LogP contribution in [0.3, 0.4) is 0 Å². The molecule has 1 aromatic carbocycles. The third kappa shape index (κ3) is 4.96. The first-order valence-electron chi connectivity index (χ1n) is 9.30. The minimum absolute atomic E-state index is 0.0221. The SMILES string of the molecule is COc1ccc(C(C)=O)cc1CC(=O)NCC(c1cccs1)N1CCCC1. The zero-order valence-electron chi connectivity index (χ0n) is 15.9. The molecule has 1 aliphatic rings. The zero-order chi connectivity index (χ0) is 19.2. The van der Waals surface area contributed by atoms with Crippen LogP contribution >= 0.6 is 11.3 Å². The van der Waals surface area contributed by atoms with Gasteiger partial charge in [-0.25, -0.2) is 0 Å². The van der Waals surface area contributed by atoms with E-state index in [1.165, 1.54) is 24.6 Å². The fourth-order valence-electron chi connectivity index (χ4n) is 3.53. The number of benzene rings is 1. The van der Waals surface area contributed by atoms with E-state index < -0.39 is 0 Å². The molecule has 0 saturated carbocycles. The van der Waals surface area contributed by atoms with Gasteiger partial charge >= 0.3 is 0 Å². The van der Waals surface area contributed by atoms with E-state index in [9.17, 15) is 9.59 Å². The monoisotopic (exact) mass is 386 g/mol. The van der Waals surface area contributed by atoms with Crippen LogP contribution in [0.1, 0.15) is 46.6 Å². The third-order valence-corrected chi connectivity index (χ3v) is 5.96. The number of hydrogen-bond donors (Lipinski definition) is 1. The van der Waals surface area contributed by atoms with Crippen LogP contribution in [0.15, 0.2) is 35.7 Å². The molecule has 0 bridgehead atoms. The minimum atomic E-state index is -0.0604. The lowest BCUT2D eigenvalue weighted by Gasteiger charge is -2.27. The lowest BCUT2D eigenvalue weighted by atomic mass is 10.0. The van der Waals surface area contributed by atoms with Gasteiger partial charge in [-0.15, -0.1) is 11.3 Å². The first-order chi connectivity index (χ1) is 13.1. The Kier molecular flexibility index (Phi) is 6.63. The van der Waals surface area contributed by atoms with E-state index in [1.807, 2.05) is 0 Å². The van der Waals surface area contributed by atoms with Gasteiger partial charge in [0.05, 0.1) is 19.6 Å². The lowest BCUT2D eigenvalue weighted by molar-refractivity contribution is -0.120. The van der Waals surface area contributed by atoms with Crippen molar-refractivity contribution in [1.82, 2.24) is 10.2 Å². The average molecular weight is 387 g/mol. The summed E-state index contributed by atoms with van der Waals surface area (Å²) in [7, 11) is 1.57. The van der Waals surface area contributed by atoms with Crippen LogP contribution in [0, 0.1) is 0 Å². The zero-order valence-corrected chi connectivity index (χ0v) is 16.7. The summed E-state index contributed by atoms with van der Waals surface area (Å²) in [6.45, 7) is 4.27. The van der Waals surface area contributed by atoms with E-state index in [0.717, 1.165) is 18.7 Å². The van der Waals surface area contributed by atoms with E-state index in [0.29, 0.717) is 17.9 Å². The van der Waals surface area contributed by atoms with Gasteiger partial charge in [0.1, 0.15) is 5.75 Å². The fourth-order valence-corrected chi connectivity index (χ4v) is 4.39. The Morgan fingerprint density at radius 3 is 2.67 bits per heavy atom. The van der Waals surface area contributed by atoms with Gasteiger partial charge in [-0.3, -0.25) is 14.5 Å². The summed E-state index contributed by atoms with van der Waals surface area (Å²) in [4.78, 5) is 27.9. The summed E-state index contributed by atoms with van der Waals surface area (Å²) in [5.41, 5.74) is 1.32. The van der Waals surface area contributed by atoms with Crippen molar-refractivity contribution in [3.05, 3.63) is 51.7 Å². The highest BCUT2D eigenvalue weighted by molar-refractivity contribution is 7.10. The van der Waals surface area contributed by atoms with Gasteiger partial charge in [-0.2, -0.15) is 0 Å². The second kappa shape index (κ2) is 9.15. The Bertz CT molecular complexity index is 783. The molecule has 1 atom stereocenters. The van der Waals surface area contributed by atoms with Crippen molar-refractivity contribution in [2.75, 3.05) is 26.7 Å². The second-order valence-corrected chi connectivity index (χ2v) is 7.82. The summed E-state index contributed by atoms with van der Waals surface area (Å²) >= 11 is 1.73. The molecule has 1 N–H and O–H groups in total. The van der Waals surface area contributed by atoms with Crippen LogP contribution in [-0.4, -0.2) is 43.3 Å². The Hall–Kier alpha value is -2.18. The highest BCUT2D eigenvalue weighted by Crippen LogP contribution is 2.28. The quantitative estimate of drug-likeness (QED) is 0.706.